The van der Waals surface area contributed by atoms with Crippen LogP contribution < -0.4 is 5.73 Å². The van der Waals surface area contributed by atoms with Crippen LogP contribution >= 0.6 is 0 Å². The highest BCUT2D eigenvalue weighted by molar-refractivity contribution is 6.06. The molecule has 14 heavy (non-hydrogen) atoms. The van der Waals surface area contributed by atoms with Gasteiger partial charge in [-0.05, 0) is 6.07 Å². The van der Waals surface area contributed by atoms with Gasteiger partial charge in [-0.3, -0.25) is 4.79 Å². The molecule has 0 fully saturated rings. The number of nitrogens with two attached hydrogens (primary N) is 1. The maximum Gasteiger partial charge on any atom is 0.250 e. The van der Waals surface area contributed by atoms with Crippen molar-refractivity contribution < 1.29 is 9.18 Å². The minimum atomic E-state index is -0.541. The number of carbonyl (C=O) groups is 1. The SMILES string of the molecule is Cn1cc(C(N)=O)c2cccc(F)c21. The number of aryl methyl sites for hydroxylation is 1. The minimum absolute atomic E-state index is 0.349. The van der Waals surface area contributed by atoms with Crippen LogP contribution in [-0.4, -0.2) is 10.5 Å². The highest BCUT2D eigenvalue weighted by atomic mass is 19.1. The monoisotopic (exact) mass is 192 g/mol. The number of aromatic nitrogens is 1. The van der Waals surface area contributed by atoms with Crippen LogP contribution in [-0.2, 0) is 7.05 Å². The minimum Gasteiger partial charge on any atom is -0.366 e. The third-order valence-electron chi connectivity index (χ3n) is 2.22. The Labute approximate surface area is 79.9 Å². The summed E-state index contributed by atoms with van der Waals surface area (Å²) in [5.74, 6) is -0.890. The number of primary amides is 1. The van der Waals surface area contributed by atoms with E-state index in [-0.39, 0.29) is 5.82 Å². The Kier molecular flexibility index (Phi) is 1.77. The normalized spacial score (nSPS) is 10.7. The van der Waals surface area contributed by atoms with Gasteiger partial charge in [0.2, 0.25) is 0 Å². The third kappa shape index (κ3) is 1.08. The molecule has 0 atom stereocenters. The van der Waals surface area contributed by atoms with E-state index in [4.69, 9.17) is 5.73 Å². The second-order valence-electron chi connectivity index (χ2n) is 3.15. The molecular weight excluding hydrogens is 183 g/mol. The zero-order valence-electron chi connectivity index (χ0n) is 7.62. The van der Waals surface area contributed by atoms with E-state index in [0.29, 0.717) is 16.5 Å². The Morgan fingerprint density at radius 3 is 2.86 bits per heavy atom. The molecule has 2 aromatic rings. The summed E-state index contributed by atoms with van der Waals surface area (Å²) in [5, 5.41) is 0.556. The lowest BCUT2D eigenvalue weighted by Crippen LogP contribution is -2.09. The third-order valence-corrected chi connectivity index (χ3v) is 2.22. The van der Waals surface area contributed by atoms with Crippen molar-refractivity contribution in [2.75, 3.05) is 0 Å². The molecular formula is C10H9FN2O. The summed E-state index contributed by atoms with van der Waals surface area (Å²) in [6.45, 7) is 0. The maximum absolute atomic E-state index is 13.4. The lowest BCUT2D eigenvalue weighted by atomic mass is 10.1. The molecule has 72 valence electrons. The van der Waals surface area contributed by atoms with E-state index < -0.39 is 5.91 Å². The van der Waals surface area contributed by atoms with Crippen molar-refractivity contribution in [2.24, 2.45) is 12.8 Å². The number of para-hydroxylation sites is 1. The van der Waals surface area contributed by atoms with Crippen LogP contribution in [0.3, 0.4) is 0 Å². The lowest BCUT2D eigenvalue weighted by Gasteiger charge is -1.96. The topological polar surface area (TPSA) is 48.0 Å². The van der Waals surface area contributed by atoms with Gasteiger partial charge in [0.05, 0.1) is 11.1 Å². The molecule has 1 amide bonds. The number of hydrogen-bond donors (Lipinski definition) is 1. The van der Waals surface area contributed by atoms with Gasteiger partial charge in [-0.25, -0.2) is 4.39 Å². The molecule has 1 aromatic carbocycles. The van der Waals surface area contributed by atoms with E-state index in [1.807, 2.05) is 0 Å². The first-order valence-corrected chi connectivity index (χ1v) is 4.14. The van der Waals surface area contributed by atoms with Gasteiger partial charge in [0.25, 0.3) is 5.91 Å². The number of benzene rings is 1. The molecule has 3 nitrogen and oxygen atoms in total. The Morgan fingerprint density at radius 2 is 2.21 bits per heavy atom. The second-order valence-corrected chi connectivity index (χ2v) is 3.15. The molecule has 0 bridgehead atoms. The van der Waals surface area contributed by atoms with Gasteiger partial charge in [0, 0.05) is 18.6 Å². The van der Waals surface area contributed by atoms with Crippen molar-refractivity contribution >= 4 is 16.8 Å². The van der Waals surface area contributed by atoms with Crippen molar-refractivity contribution in [3.05, 3.63) is 35.8 Å². The number of fused-ring (bicyclic) bond motifs is 1. The molecule has 0 aliphatic rings. The average molecular weight is 192 g/mol. The fraction of sp³-hybridized carbons (Fsp3) is 0.100. The molecule has 0 aliphatic heterocycles. The van der Waals surface area contributed by atoms with Crippen molar-refractivity contribution in [1.82, 2.24) is 4.57 Å². The summed E-state index contributed by atoms with van der Waals surface area (Å²) in [4.78, 5) is 11.0. The largest absolute Gasteiger partial charge is 0.366 e. The van der Waals surface area contributed by atoms with Gasteiger partial charge in [-0.15, -0.1) is 0 Å². The Hall–Kier alpha value is -1.84. The molecule has 2 N–H and O–H groups in total. The van der Waals surface area contributed by atoms with E-state index in [1.54, 1.807) is 23.7 Å². The zero-order valence-corrected chi connectivity index (χ0v) is 7.62. The van der Waals surface area contributed by atoms with Crippen LogP contribution in [0.1, 0.15) is 10.4 Å². The summed E-state index contributed by atoms with van der Waals surface area (Å²) in [6, 6.07) is 4.59. The number of carbonyl (C=O) groups excluding carboxylic acids is 1. The molecule has 4 heteroatoms. The first-order chi connectivity index (χ1) is 6.61. The fourth-order valence-electron chi connectivity index (χ4n) is 1.62. The van der Waals surface area contributed by atoms with Crippen molar-refractivity contribution in [3.63, 3.8) is 0 Å². The summed E-state index contributed by atoms with van der Waals surface area (Å²) >= 11 is 0. The molecule has 0 radical (unpaired) electrons. The van der Waals surface area contributed by atoms with E-state index in [2.05, 4.69) is 0 Å². The highest BCUT2D eigenvalue weighted by Gasteiger charge is 2.13. The lowest BCUT2D eigenvalue weighted by molar-refractivity contribution is 0.100. The van der Waals surface area contributed by atoms with E-state index >= 15 is 0 Å². The summed E-state index contributed by atoms with van der Waals surface area (Å²) in [6.07, 6.45) is 1.54. The van der Waals surface area contributed by atoms with Gasteiger partial charge < -0.3 is 10.3 Å². The summed E-state index contributed by atoms with van der Waals surface area (Å²) in [5.41, 5.74) is 5.92. The predicted octanol–water partition coefficient (Wildman–Crippen LogP) is 1.42. The van der Waals surface area contributed by atoms with E-state index in [9.17, 15) is 9.18 Å². The molecule has 2 rings (SSSR count). The van der Waals surface area contributed by atoms with Crippen LogP contribution in [0.2, 0.25) is 0 Å². The van der Waals surface area contributed by atoms with Gasteiger partial charge in [-0.1, -0.05) is 12.1 Å². The Morgan fingerprint density at radius 1 is 1.50 bits per heavy atom. The first kappa shape index (κ1) is 8.74. The van der Waals surface area contributed by atoms with Crippen LogP contribution in [0.15, 0.2) is 24.4 Å². The summed E-state index contributed by atoms with van der Waals surface area (Å²) < 4.78 is 14.9. The van der Waals surface area contributed by atoms with Crippen LogP contribution in [0.25, 0.3) is 10.9 Å². The molecule has 1 heterocycles. The zero-order chi connectivity index (χ0) is 10.3. The number of halogens is 1. The highest BCUT2D eigenvalue weighted by Crippen LogP contribution is 2.22. The molecule has 0 unspecified atom stereocenters. The molecule has 0 aliphatic carbocycles. The van der Waals surface area contributed by atoms with Crippen molar-refractivity contribution in [3.8, 4) is 0 Å². The first-order valence-electron chi connectivity index (χ1n) is 4.14. The maximum atomic E-state index is 13.4. The molecule has 1 aromatic heterocycles. The van der Waals surface area contributed by atoms with Crippen LogP contribution in [0, 0.1) is 5.82 Å². The number of amides is 1. The van der Waals surface area contributed by atoms with Crippen LogP contribution in [0.4, 0.5) is 4.39 Å². The number of nitrogens with zero attached hydrogens (tertiary/aromatic N) is 1. The Bertz CT molecular complexity index is 516. The summed E-state index contributed by atoms with van der Waals surface area (Å²) in [7, 11) is 1.68. The van der Waals surface area contributed by atoms with E-state index in [1.165, 1.54) is 12.3 Å². The van der Waals surface area contributed by atoms with Crippen molar-refractivity contribution in [1.29, 1.82) is 0 Å². The molecule has 0 saturated carbocycles. The van der Waals surface area contributed by atoms with E-state index in [0.717, 1.165) is 0 Å². The smallest absolute Gasteiger partial charge is 0.250 e. The standard InChI is InChI=1S/C10H9FN2O/c1-13-5-7(10(12)14)6-3-2-4-8(11)9(6)13/h2-5H,1H3,(H2,12,14). The fourth-order valence-corrected chi connectivity index (χ4v) is 1.62. The number of hydrogen-bond acceptors (Lipinski definition) is 1. The average Bonchev–Trinajstić information content (AvgIpc) is 2.45. The quantitative estimate of drug-likeness (QED) is 0.729. The van der Waals surface area contributed by atoms with Gasteiger partial charge in [0.15, 0.2) is 0 Å². The Balaban J connectivity index is 2.91. The van der Waals surface area contributed by atoms with Crippen molar-refractivity contribution in [2.45, 2.75) is 0 Å². The van der Waals surface area contributed by atoms with Gasteiger partial charge in [0.1, 0.15) is 5.82 Å². The molecule has 0 spiro atoms. The van der Waals surface area contributed by atoms with Gasteiger partial charge in [-0.2, -0.15) is 0 Å². The second kappa shape index (κ2) is 2.83. The van der Waals surface area contributed by atoms with Gasteiger partial charge >= 0.3 is 0 Å². The number of rotatable bonds is 1. The predicted molar refractivity (Wildman–Crippen MR) is 51.4 cm³/mol. The van der Waals surface area contributed by atoms with Crippen LogP contribution in [0.5, 0.6) is 0 Å². The molecule has 0 saturated heterocycles.